The molecule has 5 fully saturated rings. The van der Waals surface area contributed by atoms with Crippen LogP contribution in [0.25, 0.3) is 11.1 Å². The van der Waals surface area contributed by atoms with Gasteiger partial charge in [0.25, 0.3) is 10.0 Å². The van der Waals surface area contributed by atoms with E-state index in [2.05, 4.69) is 42.5 Å². The number of halogens is 2. The molecule has 6 heterocycles. The molecule has 4 aliphatic carbocycles. The molecule has 15 bridgehead atoms. The van der Waals surface area contributed by atoms with Crippen molar-refractivity contribution in [1.29, 1.82) is 0 Å². The molecule has 638 valence electrons. The highest BCUT2D eigenvalue weighted by molar-refractivity contribution is 7.90. The molecular weight excluding hydrogens is 1620 g/mol. The molecule has 14 atom stereocenters. The number of phenols is 3. The van der Waals surface area contributed by atoms with Crippen molar-refractivity contribution in [3.63, 3.8) is 0 Å². The average molecular weight is 1710 g/mol. The van der Waals surface area contributed by atoms with Gasteiger partial charge in [-0.3, -0.25) is 38.4 Å². The smallest absolute Gasteiger partial charge is 0.264 e. The van der Waals surface area contributed by atoms with E-state index in [1.807, 2.05) is 11.6 Å². The van der Waals surface area contributed by atoms with Gasteiger partial charge in [0.15, 0.2) is 11.5 Å². The molecular formula is C81H93Cl2N9O26S. The molecule has 0 unspecified atom stereocenters. The van der Waals surface area contributed by atoms with Crippen LogP contribution in [0.5, 0.6) is 51.7 Å². The molecule has 18 N–H and O–H groups in total. The summed E-state index contributed by atoms with van der Waals surface area (Å²) in [4.78, 5) is 123. The van der Waals surface area contributed by atoms with Crippen LogP contribution in [0.2, 0.25) is 10.0 Å². The van der Waals surface area contributed by atoms with Crippen molar-refractivity contribution in [1.82, 2.24) is 47.3 Å². The third kappa shape index (κ3) is 19.2. The number of hydrogen-bond donors (Lipinski definition) is 18. The molecule has 0 spiro atoms. The van der Waals surface area contributed by atoms with E-state index < -0.39 is 228 Å². The number of nitrogens with one attached hydrogen (secondary N) is 9. The Labute approximate surface area is 692 Å². The Bertz CT molecular complexity index is 4940. The molecule has 38 heteroatoms. The van der Waals surface area contributed by atoms with Crippen LogP contribution in [0.4, 0.5) is 0 Å². The minimum atomic E-state index is -4.94. The van der Waals surface area contributed by atoms with Gasteiger partial charge in [0.05, 0.1) is 53.8 Å². The predicted molar refractivity (Wildman–Crippen MR) is 420 cm³/mol. The van der Waals surface area contributed by atoms with Gasteiger partial charge in [0.1, 0.15) is 114 Å². The highest BCUT2D eigenvalue weighted by atomic mass is 35.5. The first-order valence-corrected chi connectivity index (χ1v) is 41.1. The summed E-state index contributed by atoms with van der Waals surface area (Å²) in [7, 11) is -3.49. The lowest BCUT2D eigenvalue weighted by atomic mass is 9.54. The van der Waals surface area contributed by atoms with Gasteiger partial charge in [0.2, 0.25) is 59.3 Å². The molecule has 0 aromatic heterocycles. The number of sulfonamides is 1. The largest absolute Gasteiger partial charge is 0.508 e. The average Bonchev–Trinajstić information content (AvgIpc) is 0.757. The number of carbonyl (C=O) groups is 8. The lowest BCUT2D eigenvalue weighted by molar-refractivity contribution is -0.277. The Morgan fingerprint density at radius 2 is 1.22 bits per heavy atom. The molecule has 10 aliphatic rings. The summed E-state index contributed by atoms with van der Waals surface area (Å²) in [5, 5.41) is 125. The van der Waals surface area contributed by atoms with E-state index in [1.54, 1.807) is 13.8 Å². The van der Waals surface area contributed by atoms with Gasteiger partial charge < -0.3 is 122 Å². The van der Waals surface area contributed by atoms with Crippen LogP contribution >= 0.6 is 23.2 Å². The Hall–Kier alpha value is -10.2. The first-order valence-electron chi connectivity index (χ1n) is 38.9. The van der Waals surface area contributed by atoms with E-state index in [-0.39, 0.29) is 83.3 Å². The first-order chi connectivity index (χ1) is 56.8. The number of rotatable bonds is 22. The van der Waals surface area contributed by atoms with Crippen LogP contribution in [-0.4, -0.2) is 209 Å². The van der Waals surface area contributed by atoms with Crippen LogP contribution in [-0.2, 0) is 62.6 Å². The van der Waals surface area contributed by atoms with Crippen molar-refractivity contribution in [2.24, 2.45) is 29.6 Å². The minimum absolute atomic E-state index is 0.0425. The third-order valence-corrected chi connectivity index (χ3v) is 24.4. The molecule has 4 saturated carbocycles. The van der Waals surface area contributed by atoms with Crippen molar-refractivity contribution in [3.8, 4) is 62.9 Å². The van der Waals surface area contributed by atoms with Crippen LogP contribution < -0.4 is 66.2 Å². The third-order valence-electron chi connectivity index (χ3n) is 22.4. The van der Waals surface area contributed by atoms with Gasteiger partial charge in [-0.1, -0.05) is 55.2 Å². The molecule has 8 amide bonds. The normalized spacial score (nSPS) is 27.5. The Balaban J connectivity index is 0.976. The lowest BCUT2D eigenvalue weighted by Gasteiger charge is -2.54. The number of carbonyl (C=O) groups excluding carboxylic acids is 8. The first kappa shape index (κ1) is 86.7. The Morgan fingerprint density at radius 1 is 0.613 bits per heavy atom. The predicted octanol–water partition coefficient (Wildman–Crippen LogP) is 3.18. The minimum Gasteiger partial charge on any atom is -0.508 e. The number of aliphatic hydroxyl groups is 6. The molecule has 119 heavy (non-hydrogen) atoms. The fraction of sp³-hybridized carbons (Fsp3) is 0.457. The van der Waals surface area contributed by atoms with Crippen LogP contribution in [0, 0.1) is 29.6 Å². The fourth-order valence-corrected chi connectivity index (χ4v) is 18.1. The van der Waals surface area contributed by atoms with Crippen molar-refractivity contribution in [3.05, 3.63) is 141 Å². The van der Waals surface area contributed by atoms with E-state index in [1.165, 1.54) is 31.3 Å². The van der Waals surface area contributed by atoms with Crippen molar-refractivity contribution in [2.75, 3.05) is 46.7 Å². The van der Waals surface area contributed by atoms with Crippen LogP contribution in [0.1, 0.15) is 124 Å². The van der Waals surface area contributed by atoms with E-state index in [0.29, 0.717) is 25.0 Å². The zero-order valence-corrected chi connectivity index (χ0v) is 67.0. The summed E-state index contributed by atoms with van der Waals surface area (Å²) in [6.07, 6.45) is -11.3. The molecule has 1 saturated heterocycles. The number of phenolic OH excluding ortho intramolecular Hbond substituents is 3. The number of benzene rings is 6. The summed E-state index contributed by atoms with van der Waals surface area (Å²) < 4.78 is 72.2. The van der Waals surface area contributed by atoms with Gasteiger partial charge in [-0.25, -0.2) is 13.1 Å². The molecule has 6 aliphatic heterocycles. The monoisotopic (exact) mass is 1710 g/mol. The number of fused-ring (bicyclic) bond motifs is 15. The zero-order valence-electron chi connectivity index (χ0n) is 64.7. The second-order valence-corrected chi connectivity index (χ2v) is 33.5. The van der Waals surface area contributed by atoms with Gasteiger partial charge in [-0.2, -0.15) is 0 Å². The van der Waals surface area contributed by atoms with Crippen LogP contribution in [0.3, 0.4) is 0 Å². The second kappa shape index (κ2) is 36.8. The number of aliphatic hydroxyl groups excluding tert-OH is 6. The number of hydrogen-bond acceptors (Lipinski definition) is 27. The number of aromatic hydroxyl groups is 3. The summed E-state index contributed by atoms with van der Waals surface area (Å²) >= 11 is 14.2. The van der Waals surface area contributed by atoms with Crippen molar-refractivity contribution in [2.45, 2.75) is 162 Å². The van der Waals surface area contributed by atoms with Gasteiger partial charge in [-0.05, 0) is 189 Å². The van der Waals surface area contributed by atoms with E-state index >= 15 is 28.8 Å². The van der Waals surface area contributed by atoms with Crippen LogP contribution in [0.15, 0.2) is 108 Å². The summed E-state index contributed by atoms with van der Waals surface area (Å²) in [5.41, 5.74) is -2.42. The highest BCUT2D eigenvalue weighted by Crippen LogP contribution is 2.55. The van der Waals surface area contributed by atoms with E-state index in [0.717, 1.165) is 111 Å². The molecule has 0 radical (unpaired) electrons. The van der Waals surface area contributed by atoms with Crippen molar-refractivity contribution < 1.29 is 126 Å². The number of ether oxygens (including phenoxy) is 7. The molecule has 16 rings (SSSR count). The van der Waals surface area contributed by atoms with E-state index in [9.17, 15) is 64.0 Å². The summed E-state index contributed by atoms with van der Waals surface area (Å²) in [6.45, 7) is 5.74. The maximum Gasteiger partial charge on any atom is 0.264 e. The number of amides is 8. The van der Waals surface area contributed by atoms with Gasteiger partial charge in [0, 0.05) is 29.8 Å². The maximum atomic E-state index is 16.4. The van der Waals surface area contributed by atoms with Crippen molar-refractivity contribution >= 4 is 80.5 Å². The summed E-state index contributed by atoms with van der Waals surface area (Å²) in [5.74, 6) is -14.2. The Kier molecular flexibility index (Phi) is 26.8. The lowest BCUT2D eigenvalue weighted by Crippen LogP contribution is -2.60. The second-order valence-electron chi connectivity index (χ2n) is 31.0. The number of likely N-dealkylation sites (N-methyl/N-ethyl adjacent to an activating group) is 1. The maximum absolute atomic E-state index is 16.4. The highest BCUT2D eigenvalue weighted by Gasteiger charge is 2.51. The topological polar surface area (TPSA) is 526 Å². The van der Waals surface area contributed by atoms with E-state index in [4.69, 9.17) is 56.4 Å². The molecule has 35 nitrogen and oxygen atoms in total. The molecule has 6 aromatic rings. The quantitative estimate of drug-likeness (QED) is 0.0434. The van der Waals surface area contributed by atoms with Gasteiger partial charge >= 0.3 is 0 Å². The Morgan fingerprint density at radius 3 is 1.84 bits per heavy atom. The fourth-order valence-electron chi connectivity index (χ4n) is 16.7. The summed E-state index contributed by atoms with van der Waals surface area (Å²) in [6, 6.07) is 3.90. The standard InChI is InChI=1S/C81H93Cl2N9O26S/c1-5-112-16-17-113-18-19-114-45-9-11-46(12-10-45)119(110,111)92-60(97)33-52-75(104)87-64-43-29-57(115-55-14-7-39(27-49(55)82)68(98)66(79(108)85-52)90-74(103)51(84-4)20-35(2)3)73(118-81-72(102)71(101)70(100)59(34-93)117-81)58(30-43)116-56-15-8-40(28-50(56)83)69(99)67-80(109)89-65(78(107)86-62-41-22-36-21-37(24-41)25-42(62)23-36)48-31-44(94)32-54(96)61(48)47-26-38(6-13-53(47)95)63(76(105)91-67)88-77(64)106/h6-15,26-32,35-37,41-42,51-52,59,62-72,81,84,93-96,98-102H,5,16-25,33-34H2,1-4H3,(H,85,108)(H,86,107)(H,87,104)(H,88,106)(H,89,109)(H,90,103)(H,91,105)(H,92,97)/t36?,37?,41?,42?,51-,52+,59-,62?,63-,64-,65+,66-,67+,68-,69-,70-,71+,72-,81+/m1/s1. The van der Waals surface area contributed by atoms with Gasteiger partial charge in [-0.15, -0.1) is 0 Å². The molecule has 6 aromatic carbocycles. The SMILES string of the molecule is CCOCCOCCOc1ccc(S(=O)(=O)NC(=O)C[C@@H]2NC(=O)[C@H](NC(=O)[C@@H](CC(C)C)NC)[C@H](O)c3ccc(c(Cl)c3)Oc3cc4cc(c3O[C@@H]3O[C@H](CO)[C@@H](O)[C@H](O)[C@H]3O)Oc3ccc(cc3Cl)[C@@H](O)[C@@H]3NC(=O)[C@H](NC(=O)[C@@H]4NC2=O)c2ccc(O)c(c2)-c2c(O)cc(O)cc2[C@@H](C(=O)NC2C4CC5CC(C4)CC2C5)NC3=O)cc1. The zero-order chi connectivity index (χ0) is 85.2.